The zero-order chi connectivity index (χ0) is 30.7. The van der Waals surface area contributed by atoms with Gasteiger partial charge in [0.05, 0.1) is 0 Å². The zero-order valence-electron chi connectivity index (χ0n) is 21.4. The van der Waals surface area contributed by atoms with Crippen LogP contribution in [0.2, 0.25) is 0 Å². The third-order valence-electron chi connectivity index (χ3n) is 5.57. The van der Waals surface area contributed by atoms with Gasteiger partial charge in [-0.25, -0.2) is 4.79 Å². The van der Waals surface area contributed by atoms with Gasteiger partial charge < -0.3 is 21.7 Å². The lowest BCUT2D eigenvalue weighted by Crippen LogP contribution is -2.35. The monoisotopic (exact) mass is 573 g/mol. The van der Waals surface area contributed by atoms with Crippen molar-refractivity contribution in [3.05, 3.63) is 101 Å². The highest BCUT2D eigenvalue weighted by molar-refractivity contribution is 6.08. The Balaban J connectivity index is 0.000000249. The van der Waals surface area contributed by atoms with Crippen LogP contribution in [0.1, 0.15) is 48.6 Å². The molecule has 6 N–H and O–H groups in total. The summed E-state index contributed by atoms with van der Waals surface area (Å²) in [5.74, 6) is -4.47. The third-order valence-corrected chi connectivity index (χ3v) is 5.57. The zero-order valence-corrected chi connectivity index (χ0v) is 21.4. The van der Waals surface area contributed by atoms with Gasteiger partial charge in [-0.1, -0.05) is 36.4 Å². The first-order chi connectivity index (χ1) is 19.2. The van der Waals surface area contributed by atoms with Crippen LogP contribution in [0.5, 0.6) is 0 Å². The number of nitrogens with two attached hydrogens (primary N) is 2. The van der Waals surface area contributed by atoms with Gasteiger partial charge in [0, 0.05) is 35.3 Å². The molecule has 41 heavy (non-hydrogen) atoms. The maximum atomic E-state index is 12.5. The molecule has 0 bridgehead atoms. The van der Waals surface area contributed by atoms with Crippen LogP contribution in [0.25, 0.3) is 0 Å². The number of alkyl halides is 3. The predicted molar refractivity (Wildman–Crippen MR) is 141 cm³/mol. The number of hydrogen-bond acceptors (Lipinski definition) is 6. The second kappa shape index (κ2) is 14.4. The molecule has 4 rings (SSSR count). The molecule has 13 heteroatoms. The van der Waals surface area contributed by atoms with Crippen molar-refractivity contribution >= 4 is 35.2 Å². The van der Waals surface area contributed by atoms with Crippen LogP contribution in [0.3, 0.4) is 0 Å². The van der Waals surface area contributed by atoms with Crippen molar-refractivity contribution in [2.24, 2.45) is 11.5 Å². The normalized spacial score (nSPS) is 11.7. The summed E-state index contributed by atoms with van der Waals surface area (Å²) in [5, 5.41) is 16.2. The van der Waals surface area contributed by atoms with Crippen LogP contribution in [-0.4, -0.2) is 52.5 Å². The van der Waals surface area contributed by atoms with Crippen LogP contribution in [0, 0.1) is 0 Å². The molecule has 1 aliphatic rings. The van der Waals surface area contributed by atoms with E-state index in [2.05, 4.69) is 0 Å². The van der Waals surface area contributed by atoms with Crippen LogP contribution in [0.15, 0.2) is 72.8 Å². The first kappa shape index (κ1) is 32.2. The molecule has 0 atom stereocenters. The smallest absolute Gasteiger partial charge is 0.480 e. The molecule has 10 nitrogen and oxygen atoms in total. The molecule has 216 valence electrons. The number of carboxylic acid groups (broad SMARTS) is 2. The number of fused-ring (bicyclic) bond motifs is 1. The van der Waals surface area contributed by atoms with Crippen molar-refractivity contribution in [3.8, 4) is 0 Å². The second-order valence-electron chi connectivity index (χ2n) is 8.49. The molecule has 0 spiro atoms. The van der Waals surface area contributed by atoms with Gasteiger partial charge in [-0.3, -0.25) is 24.1 Å². The number of aliphatic carboxylic acids is 2. The van der Waals surface area contributed by atoms with Crippen LogP contribution < -0.4 is 16.4 Å². The van der Waals surface area contributed by atoms with Gasteiger partial charge in [-0.2, -0.15) is 13.2 Å². The standard InChI is InChI=1S/C16H16N2O3.C10H9NO2.C2HF3O2/c17-10-12-5-4-8-14(9-12)18(11-15(19)20)16(21)13-6-2-1-3-7-13;11-10(13)7-1-3-8-6(5-7)2-4-9(8)12;3-2(4,5)1(6)7/h1-9H,10-11,17H2,(H,19,20);1,3,5H,2,4H2,(H2,11,13);(H,6,7). The first-order valence-corrected chi connectivity index (χ1v) is 11.9. The quantitative estimate of drug-likeness (QED) is 0.346. The van der Waals surface area contributed by atoms with E-state index in [4.69, 9.17) is 26.5 Å². The summed E-state index contributed by atoms with van der Waals surface area (Å²) in [6.07, 6.45) is -3.80. The molecule has 0 aromatic heterocycles. The highest BCUT2D eigenvalue weighted by atomic mass is 19.4. The molecule has 1 aliphatic carbocycles. The molecular weight excluding hydrogens is 547 g/mol. The Morgan fingerprint density at radius 2 is 1.49 bits per heavy atom. The molecule has 0 unspecified atom stereocenters. The van der Waals surface area contributed by atoms with Crippen molar-refractivity contribution in [1.82, 2.24) is 0 Å². The van der Waals surface area contributed by atoms with Crippen molar-refractivity contribution in [3.63, 3.8) is 0 Å². The Hall–Kier alpha value is -5.04. The van der Waals surface area contributed by atoms with Gasteiger partial charge in [0.15, 0.2) is 5.78 Å². The van der Waals surface area contributed by atoms with Crippen molar-refractivity contribution in [2.75, 3.05) is 11.4 Å². The highest BCUT2D eigenvalue weighted by Gasteiger charge is 2.38. The van der Waals surface area contributed by atoms with Gasteiger partial charge >= 0.3 is 18.1 Å². The largest absolute Gasteiger partial charge is 0.490 e. The number of carbonyl (C=O) groups is 5. The summed E-state index contributed by atoms with van der Waals surface area (Å²) in [7, 11) is 0. The highest BCUT2D eigenvalue weighted by Crippen LogP contribution is 2.23. The number of benzene rings is 3. The summed E-state index contributed by atoms with van der Waals surface area (Å²) in [5.41, 5.74) is 14.7. The Kier molecular flexibility index (Phi) is 11.3. The SMILES string of the molecule is NC(=O)c1ccc2c(c1)CCC2=O.NCc1cccc(N(CC(=O)O)C(=O)c2ccccc2)c1.O=C(O)C(F)(F)F. The van der Waals surface area contributed by atoms with E-state index in [1.54, 1.807) is 66.7 Å². The number of ketones is 1. The van der Waals surface area contributed by atoms with E-state index >= 15 is 0 Å². The lowest BCUT2D eigenvalue weighted by molar-refractivity contribution is -0.192. The Labute approximate surface area is 232 Å². The van der Waals surface area contributed by atoms with Crippen molar-refractivity contribution < 1.29 is 47.4 Å². The van der Waals surface area contributed by atoms with Crippen LogP contribution in [-0.2, 0) is 22.6 Å². The fourth-order valence-electron chi connectivity index (χ4n) is 3.61. The third kappa shape index (κ3) is 9.58. The summed E-state index contributed by atoms with van der Waals surface area (Å²) < 4.78 is 31.7. The molecule has 0 saturated heterocycles. The number of carbonyl (C=O) groups excluding carboxylic acids is 3. The van der Waals surface area contributed by atoms with E-state index in [1.165, 1.54) is 4.90 Å². The Morgan fingerprint density at radius 3 is 2.02 bits per heavy atom. The molecule has 0 saturated carbocycles. The Bertz CT molecular complexity index is 1430. The number of hydrogen-bond donors (Lipinski definition) is 4. The fraction of sp³-hybridized carbons (Fsp3) is 0.179. The minimum atomic E-state index is -5.08. The minimum Gasteiger partial charge on any atom is -0.480 e. The molecule has 3 aromatic rings. The molecule has 0 aliphatic heterocycles. The Morgan fingerprint density at radius 1 is 0.854 bits per heavy atom. The number of amides is 2. The predicted octanol–water partition coefficient (Wildman–Crippen LogP) is 3.42. The van der Waals surface area contributed by atoms with Gasteiger partial charge in [-0.15, -0.1) is 0 Å². The lowest BCUT2D eigenvalue weighted by atomic mass is 10.1. The number of primary amides is 1. The number of Topliss-reactive ketones (excluding diaryl/α,β-unsaturated/α-hetero) is 1. The van der Waals surface area contributed by atoms with Crippen molar-refractivity contribution in [2.45, 2.75) is 25.6 Å². The van der Waals surface area contributed by atoms with E-state index in [9.17, 15) is 32.3 Å². The van der Waals surface area contributed by atoms with E-state index in [0.717, 1.165) is 23.1 Å². The van der Waals surface area contributed by atoms with Gasteiger partial charge in [0.2, 0.25) is 5.91 Å². The number of nitrogens with zero attached hydrogens (tertiary/aromatic N) is 1. The topological polar surface area (TPSA) is 181 Å². The van der Waals surface area contributed by atoms with Gasteiger partial charge in [0.25, 0.3) is 5.91 Å². The van der Waals surface area contributed by atoms with E-state index in [-0.39, 0.29) is 11.7 Å². The first-order valence-electron chi connectivity index (χ1n) is 11.9. The van der Waals surface area contributed by atoms with E-state index in [1.807, 2.05) is 6.07 Å². The number of rotatable bonds is 6. The number of halogens is 3. The fourth-order valence-corrected chi connectivity index (χ4v) is 3.61. The van der Waals surface area contributed by atoms with E-state index < -0.39 is 30.6 Å². The second-order valence-corrected chi connectivity index (χ2v) is 8.49. The van der Waals surface area contributed by atoms with Crippen LogP contribution in [0.4, 0.5) is 18.9 Å². The number of anilines is 1. The summed E-state index contributed by atoms with van der Waals surface area (Å²) in [6.45, 7) is -0.0734. The summed E-state index contributed by atoms with van der Waals surface area (Å²) in [6, 6.07) is 20.6. The van der Waals surface area contributed by atoms with Gasteiger partial charge in [0.1, 0.15) is 6.54 Å². The molecule has 3 aromatic carbocycles. The molecule has 2 amide bonds. The number of aryl methyl sites for hydroxylation is 1. The molecule has 0 fully saturated rings. The molecule has 0 heterocycles. The van der Waals surface area contributed by atoms with Gasteiger partial charge in [-0.05, 0) is 53.9 Å². The lowest BCUT2D eigenvalue weighted by Gasteiger charge is -2.21. The average molecular weight is 574 g/mol. The maximum Gasteiger partial charge on any atom is 0.490 e. The minimum absolute atomic E-state index is 0.158. The van der Waals surface area contributed by atoms with Crippen molar-refractivity contribution in [1.29, 1.82) is 0 Å². The summed E-state index contributed by atoms with van der Waals surface area (Å²) in [4.78, 5) is 55.7. The molecular formula is C28H26F3N3O7. The van der Waals surface area contributed by atoms with Crippen LogP contribution >= 0.6 is 0 Å². The number of carboxylic acids is 2. The molecule has 0 radical (unpaired) electrons. The maximum absolute atomic E-state index is 12.5. The summed E-state index contributed by atoms with van der Waals surface area (Å²) >= 11 is 0. The van der Waals surface area contributed by atoms with E-state index in [0.29, 0.717) is 29.8 Å². The average Bonchev–Trinajstić information content (AvgIpc) is 3.31.